The van der Waals surface area contributed by atoms with Crippen LogP contribution in [-0.2, 0) is 0 Å². The Morgan fingerprint density at radius 1 is 1.04 bits per heavy atom. The van der Waals surface area contributed by atoms with E-state index in [-0.39, 0.29) is 17.8 Å². The Hall–Kier alpha value is -2.89. The lowest BCUT2D eigenvalue weighted by molar-refractivity contribution is 0.102. The maximum Gasteiger partial charge on any atom is 0.324 e. The molecule has 1 N–H and O–H groups in total. The lowest BCUT2D eigenvalue weighted by atomic mass is 10.2. The number of carbonyl (C=O) groups is 2. The maximum absolute atomic E-state index is 12.9. The average molecular weight is 327 g/mol. The Morgan fingerprint density at radius 3 is 2.38 bits per heavy atom. The fraction of sp³-hybridized carbons (Fsp3) is 0.222. The Balaban J connectivity index is 1.69. The van der Waals surface area contributed by atoms with E-state index >= 15 is 0 Å². The molecule has 0 saturated carbocycles. The van der Waals surface area contributed by atoms with Crippen LogP contribution in [-0.4, -0.2) is 37.0 Å². The molecule has 1 heterocycles. The number of benzene rings is 2. The Kier molecular flexibility index (Phi) is 4.46. The number of urea groups is 1. The van der Waals surface area contributed by atoms with Gasteiger partial charge >= 0.3 is 6.03 Å². The van der Waals surface area contributed by atoms with Crippen molar-refractivity contribution in [3.8, 4) is 0 Å². The van der Waals surface area contributed by atoms with Gasteiger partial charge in [-0.1, -0.05) is 0 Å². The quantitative estimate of drug-likeness (QED) is 0.940. The van der Waals surface area contributed by atoms with Crippen LogP contribution in [0.15, 0.2) is 48.5 Å². The summed E-state index contributed by atoms with van der Waals surface area (Å²) in [5.41, 5.74) is 1.80. The number of carbonyl (C=O) groups excluding carboxylic acids is 2. The molecule has 5 nitrogen and oxygen atoms in total. The van der Waals surface area contributed by atoms with Crippen molar-refractivity contribution in [2.45, 2.75) is 6.42 Å². The van der Waals surface area contributed by atoms with Gasteiger partial charge in [-0.15, -0.1) is 0 Å². The molecule has 0 aromatic heterocycles. The standard InChI is InChI=1S/C18H18FN3O2/c1-21-11-2-12-22(18(21)24)16-9-7-15(8-10-16)20-17(23)13-3-5-14(19)6-4-13/h3-10H,2,11-12H2,1H3,(H,20,23). The Morgan fingerprint density at radius 2 is 1.71 bits per heavy atom. The lowest BCUT2D eigenvalue weighted by Gasteiger charge is -2.33. The first-order valence-electron chi connectivity index (χ1n) is 7.74. The normalized spacial score (nSPS) is 14.7. The van der Waals surface area contributed by atoms with Crippen molar-refractivity contribution >= 4 is 23.3 Å². The Labute approximate surface area is 139 Å². The van der Waals surface area contributed by atoms with E-state index in [4.69, 9.17) is 0 Å². The topological polar surface area (TPSA) is 52.6 Å². The van der Waals surface area contributed by atoms with Crippen LogP contribution in [0, 0.1) is 5.82 Å². The highest BCUT2D eigenvalue weighted by molar-refractivity contribution is 6.04. The molecular formula is C18H18FN3O2. The number of hydrogen-bond acceptors (Lipinski definition) is 2. The zero-order valence-corrected chi connectivity index (χ0v) is 13.3. The predicted octanol–water partition coefficient (Wildman–Crippen LogP) is 3.34. The van der Waals surface area contributed by atoms with Gasteiger partial charge in [0, 0.05) is 37.1 Å². The van der Waals surface area contributed by atoms with Crippen LogP contribution in [0.1, 0.15) is 16.8 Å². The molecule has 3 rings (SSSR count). The second-order valence-electron chi connectivity index (χ2n) is 5.72. The van der Waals surface area contributed by atoms with E-state index in [0.29, 0.717) is 17.8 Å². The number of anilines is 2. The predicted molar refractivity (Wildman–Crippen MR) is 90.8 cm³/mol. The molecular weight excluding hydrogens is 309 g/mol. The van der Waals surface area contributed by atoms with Gasteiger partial charge in [-0.3, -0.25) is 9.69 Å². The molecule has 24 heavy (non-hydrogen) atoms. The molecule has 0 spiro atoms. The Bertz CT molecular complexity index is 744. The summed E-state index contributed by atoms with van der Waals surface area (Å²) in [6.07, 6.45) is 0.922. The van der Waals surface area contributed by atoms with Gasteiger partial charge in [0.15, 0.2) is 0 Å². The minimum Gasteiger partial charge on any atom is -0.327 e. The molecule has 1 saturated heterocycles. The molecule has 0 radical (unpaired) electrons. The summed E-state index contributed by atoms with van der Waals surface area (Å²) >= 11 is 0. The van der Waals surface area contributed by atoms with E-state index in [1.807, 2.05) is 0 Å². The highest BCUT2D eigenvalue weighted by Gasteiger charge is 2.23. The van der Waals surface area contributed by atoms with Gasteiger partial charge in [-0.25, -0.2) is 9.18 Å². The number of nitrogens with one attached hydrogen (secondary N) is 1. The molecule has 2 aromatic carbocycles. The third kappa shape index (κ3) is 3.37. The molecule has 3 amide bonds. The van der Waals surface area contributed by atoms with Gasteiger partial charge in [0.05, 0.1) is 0 Å². The van der Waals surface area contributed by atoms with Crippen molar-refractivity contribution in [1.82, 2.24) is 4.90 Å². The molecule has 0 atom stereocenters. The molecule has 1 aliphatic rings. The summed E-state index contributed by atoms with van der Waals surface area (Å²) in [6, 6.07) is 12.4. The van der Waals surface area contributed by atoms with E-state index in [9.17, 15) is 14.0 Å². The van der Waals surface area contributed by atoms with E-state index in [1.165, 1.54) is 24.3 Å². The van der Waals surface area contributed by atoms with Gasteiger partial charge in [-0.05, 0) is 55.0 Å². The number of halogens is 1. The van der Waals surface area contributed by atoms with Crippen molar-refractivity contribution in [3.05, 3.63) is 59.9 Å². The summed E-state index contributed by atoms with van der Waals surface area (Å²) < 4.78 is 12.9. The van der Waals surface area contributed by atoms with Crippen molar-refractivity contribution in [2.24, 2.45) is 0 Å². The molecule has 1 fully saturated rings. The zero-order valence-electron chi connectivity index (χ0n) is 13.3. The molecule has 1 aliphatic heterocycles. The van der Waals surface area contributed by atoms with E-state index in [0.717, 1.165) is 18.7 Å². The lowest BCUT2D eigenvalue weighted by Crippen LogP contribution is -2.47. The summed E-state index contributed by atoms with van der Waals surface area (Å²) in [4.78, 5) is 27.7. The molecule has 124 valence electrons. The van der Waals surface area contributed by atoms with Crippen LogP contribution < -0.4 is 10.2 Å². The smallest absolute Gasteiger partial charge is 0.324 e. The highest BCUT2D eigenvalue weighted by atomic mass is 19.1. The van der Waals surface area contributed by atoms with Gasteiger partial charge in [-0.2, -0.15) is 0 Å². The van der Waals surface area contributed by atoms with Crippen molar-refractivity contribution < 1.29 is 14.0 Å². The zero-order chi connectivity index (χ0) is 17.1. The summed E-state index contributed by atoms with van der Waals surface area (Å²) in [5, 5.41) is 2.75. The van der Waals surface area contributed by atoms with Crippen molar-refractivity contribution in [3.63, 3.8) is 0 Å². The minimum absolute atomic E-state index is 0.0238. The summed E-state index contributed by atoms with van der Waals surface area (Å²) in [6.45, 7) is 1.45. The van der Waals surface area contributed by atoms with Crippen molar-refractivity contribution in [2.75, 3.05) is 30.4 Å². The first-order chi connectivity index (χ1) is 11.5. The van der Waals surface area contributed by atoms with E-state index in [1.54, 1.807) is 41.1 Å². The molecule has 0 bridgehead atoms. The average Bonchev–Trinajstić information content (AvgIpc) is 2.59. The fourth-order valence-electron chi connectivity index (χ4n) is 2.63. The van der Waals surface area contributed by atoms with Crippen molar-refractivity contribution in [1.29, 1.82) is 0 Å². The first-order valence-corrected chi connectivity index (χ1v) is 7.74. The monoisotopic (exact) mass is 327 g/mol. The molecule has 2 aromatic rings. The SMILES string of the molecule is CN1CCCN(c2ccc(NC(=O)c3ccc(F)cc3)cc2)C1=O. The minimum atomic E-state index is -0.382. The third-order valence-corrected chi connectivity index (χ3v) is 3.98. The van der Waals surface area contributed by atoms with Crippen LogP contribution in [0.4, 0.5) is 20.6 Å². The van der Waals surface area contributed by atoms with Gasteiger partial charge in [0.25, 0.3) is 5.91 Å². The molecule has 0 unspecified atom stereocenters. The second kappa shape index (κ2) is 6.70. The first kappa shape index (κ1) is 16.0. The van der Waals surface area contributed by atoms with E-state index < -0.39 is 0 Å². The van der Waals surface area contributed by atoms with Gasteiger partial charge < -0.3 is 10.2 Å². The number of amides is 3. The largest absolute Gasteiger partial charge is 0.327 e. The number of hydrogen-bond donors (Lipinski definition) is 1. The van der Waals surface area contributed by atoms with Crippen LogP contribution in [0.25, 0.3) is 0 Å². The van der Waals surface area contributed by atoms with E-state index in [2.05, 4.69) is 5.32 Å². The number of rotatable bonds is 3. The summed E-state index contributed by atoms with van der Waals surface area (Å²) in [7, 11) is 1.78. The number of nitrogens with zero attached hydrogens (tertiary/aromatic N) is 2. The van der Waals surface area contributed by atoms with Gasteiger partial charge in [0.1, 0.15) is 5.82 Å². The maximum atomic E-state index is 12.9. The molecule has 0 aliphatic carbocycles. The summed E-state index contributed by atoms with van der Waals surface area (Å²) in [5.74, 6) is -0.691. The molecule has 6 heteroatoms. The fourth-order valence-corrected chi connectivity index (χ4v) is 2.63. The highest BCUT2D eigenvalue weighted by Crippen LogP contribution is 2.22. The van der Waals surface area contributed by atoms with Crippen LogP contribution in [0.2, 0.25) is 0 Å². The third-order valence-electron chi connectivity index (χ3n) is 3.98. The second-order valence-corrected chi connectivity index (χ2v) is 5.72. The van der Waals surface area contributed by atoms with Gasteiger partial charge in [0.2, 0.25) is 0 Å². The van der Waals surface area contributed by atoms with Crippen LogP contribution in [0.5, 0.6) is 0 Å². The van der Waals surface area contributed by atoms with Crippen LogP contribution >= 0.6 is 0 Å². The van der Waals surface area contributed by atoms with Crippen LogP contribution in [0.3, 0.4) is 0 Å².